The lowest BCUT2D eigenvalue weighted by molar-refractivity contribution is -0.137. The molecule has 1 heterocycles. The maximum atomic E-state index is 13.6. The van der Waals surface area contributed by atoms with E-state index in [1.807, 2.05) is 48.5 Å². The molecule has 0 radical (unpaired) electrons. The van der Waals surface area contributed by atoms with Gasteiger partial charge in [-0.15, -0.1) is 0 Å². The maximum Gasteiger partial charge on any atom is 0.421 e. The molecule has 34 heavy (non-hydrogen) atoms. The van der Waals surface area contributed by atoms with Crippen molar-refractivity contribution in [3.8, 4) is 0 Å². The van der Waals surface area contributed by atoms with Crippen LogP contribution in [0.3, 0.4) is 0 Å². The first-order valence-electron chi connectivity index (χ1n) is 11.8. The summed E-state index contributed by atoms with van der Waals surface area (Å²) < 4.78 is 40.9. The summed E-state index contributed by atoms with van der Waals surface area (Å²) in [5.74, 6) is 0.354. The molecule has 3 aromatic rings. The summed E-state index contributed by atoms with van der Waals surface area (Å²) in [6, 6.07) is 15.4. The fourth-order valence-corrected chi connectivity index (χ4v) is 4.34. The van der Waals surface area contributed by atoms with Crippen LogP contribution in [0.2, 0.25) is 0 Å². The van der Waals surface area contributed by atoms with E-state index in [1.54, 1.807) is 0 Å². The molecule has 1 fully saturated rings. The molecule has 2 N–H and O–H groups in total. The lowest BCUT2D eigenvalue weighted by Crippen LogP contribution is -2.13. The highest BCUT2D eigenvalue weighted by Crippen LogP contribution is 2.37. The Hall–Kier alpha value is -3.09. The zero-order valence-electron chi connectivity index (χ0n) is 19.8. The third-order valence-electron chi connectivity index (χ3n) is 6.35. The minimum Gasteiger partial charge on any atom is -0.340 e. The Morgan fingerprint density at radius 2 is 1.38 bits per heavy atom. The van der Waals surface area contributed by atoms with Gasteiger partial charge in [0.15, 0.2) is 0 Å². The van der Waals surface area contributed by atoms with Crippen molar-refractivity contribution in [3.05, 3.63) is 71.4 Å². The SMILES string of the molecule is CC(C)(C)c1ccc(Nc2ncc(C(F)(F)F)c(Nc3ccc(C4CCCCC4)cc3)n2)cc1. The zero-order chi connectivity index (χ0) is 24.3. The zero-order valence-corrected chi connectivity index (χ0v) is 19.8. The molecule has 0 atom stereocenters. The summed E-state index contributed by atoms with van der Waals surface area (Å²) in [6.45, 7) is 6.36. The van der Waals surface area contributed by atoms with E-state index in [0.717, 1.165) is 11.8 Å². The summed E-state index contributed by atoms with van der Waals surface area (Å²) >= 11 is 0. The first-order chi connectivity index (χ1) is 16.1. The number of anilines is 4. The fraction of sp³-hybridized carbons (Fsp3) is 0.407. The van der Waals surface area contributed by atoms with Gasteiger partial charge < -0.3 is 10.6 Å². The van der Waals surface area contributed by atoms with Gasteiger partial charge >= 0.3 is 6.18 Å². The van der Waals surface area contributed by atoms with Gasteiger partial charge in [-0.05, 0) is 59.6 Å². The predicted molar refractivity (Wildman–Crippen MR) is 131 cm³/mol. The summed E-state index contributed by atoms with van der Waals surface area (Å²) in [6.07, 6.45) is 2.33. The fourth-order valence-electron chi connectivity index (χ4n) is 4.34. The summed E-state index contributed by atoms with van der Waals surface area (Å²) in [5.41, 5.74) is 2.76. The number of nitrogens with zero attached hydrogens (tertiary/aromatic N) is 2. The third-order valence-corrected chi connectivity index (χ3v) is 6.35. The second kappa shape index (κ2) is 9.65. The monoisotopic (exact) mass is 468 g/mol. The number of alkyl halides is 3. The Kier molecular flexibility index (Phi) is 6.82. The van der Waals surface area contributed by atoms with Crippen LogP contribution in [0.4, 0.5) is 36.3 Å². The van der Waals surface area contributed by atoms with Gasteiger partial charge in [-0.3, -0.25) is 0 Å². The Morgan fingerprint density at radius 3 is 1.97 bits per heavy atom. The maximum absolute atomic E-state index is 13.6. The number of benzene rings is 2. The molecule has 180 valence electrons. The number of nitrogens with one attached hydrogen (secondary N) is 2. The second-order valence-corrected chi connectivity index (χ2v) is 9.99. The highest BCUT2D eigenvalue weighted by Gasteiger charge is 2.35. The number of hydrogen-bond acceptors (Lipinski definition) is 4. The molecule has 1 aliphatic rings. The van der Waals surface area contributed by atoms with Crippen LogP contribution in [0, 0.1) is 0 Å². The Balaban J connectivity index is 1.55. The molecule has 0 aliphatic heterocycles. The van der Waals surface area contributed by atoms with E-state index in [2.05, 4.69) is 41.4 Å². The molecular formula is C27H31F3N4. The number of hydrogen-bond donors (Lipinski definition) is 2. The van der Waals surface area contributed by atoms with Crippen LogP contribution in [-0.2, 0) is 11.6 Å². The van der Waals surface area contributed by atoms with E-state index in [1.165, 1.54) is 37.7 Å². The molecule has 2 aromatic carbocycles. The standard InChI is InChI=1S/C27H31F3N4/c1-26(2,3)20-11-15-22(16-12-20)33-25-31-17-23(27(28,29)30)24(34-25)32-21-13-9-19(10-14-21)18-7-5-4-6-8-18/h9-18H,4-8H2,1-3H3,(H2,31,32,33,34). The van der Waals surface area contributed by atoms with Crippen LogP contribution in [0.5, 0.6) is 0 Å². The van der Waals surface area contributed by atoms with Crippen LogP contribution >= 0.6 is 0 Å². The summed E-state index contributed by atoms with van der Waals surface area (Å²) in [5, 5.41) is 5.86. The van der Waals surface area contributed by atoms with Gasteiger partial charge in [0.25, 0.3) is 0 Å². The highest BCUT2D eigenvalue weighted by molar-refractivity contribution is 5.63. The second-order valence-electron chi connectivity index (χ2n) is 9.99. The quantitative estimate of drug-likeness (QED) is 0.395. The van der Waals surface area contributed by atoms with Crippen LogP contribution in [0.25, 0.3) is 0 Å². The first kappa shape index (κ1) is 24.0. The van der Waals surface area contributed by atoms with E-state index < -0.39 is 11.7 Å². The Bertz CT molecular complexity index is 1090. The van der Waals surface area contributed by atoms with Crippen molar-refractivity contribution >= 4 is 23.1 Å². The minimum absolute atomic E-state index is 0.00695. The van der Waals surface area contributed by atoms with Crippen molar-refractivity contribution < 1.29 is 13.2 Å². The number of halogens is 3. The van der Waals surface area contributed by atoms with Gasteiger partial charge in [-0.25, -0.2) is 4.98 Å². The van der Waals surface area contributed by atoms with Gasteiger partial charge in [0.05, 0.1) is 0 Å². The van der Waals surface area contributed by atoms with Gasteiger partial charge in [0.2, 0.25) is 5.95 Å². The van der Waals surface area contributed by atoms with Crippen molar-refractivity contribution in [1.29, 1.82) is 0 Å². The van der Waals surface area contributed by atoms with Crippen LogP contribution in [0.1, 0.15) is 75.5 Å². The minimum atomic E-state index is -4.57. The van der Waals surface area contributed by atoms with Crippen molar-refractivity contribution in [1.82, 2.24) is 9.97 Å². The predicted octanol–water partition coefficient (Wildman–Crippen LogP) is 8.33. The first-order valence-corrected chi connectivity index (χ1v) is 11.8. The van der Waals surface area contributed by atoms with Gasteiger partial charge in [0, 0.05) is 17.6 Å². The molecule has 0 spiro atoms. The largest absolute Gasteiger partial charge is 0.421 e. The number of aromatic nitrogens is 2. The molecular weight excluding hydrogens is 437 g/mol. The van der Waals surface area contributed by atoms with Crippen LogP contribution < -0.4 is 10.6 Å². The van der Waals surface area contributed by atoms with Crippen molar-refractivity contribution in [2.45, 2.75) is 70.4 Å². The van der Waals surface area contributed by atoms with Gasteiger partial charge in [-0.2, -0.15) is 18.2 Å². The van der Waals surface area contributed by atoms with Crippen LogP contribution in [0.15, 0.2) is 54.7 Å². The molecule has 4 nitrogen and oxygen atoms in total. The topological polar surface area (TPSA) is 49.8 Å². The van der Waals surface area contributed by atoms with Crippen LogP contribution in [-0.4, -0.2) is 9.97 Å². The molecule has 0 amide bonds. The van der Waals surface area contributed by atoms with Crippen molar-refractivity contribution in [2.24, 2.45) is 0 Å². The smallest absolute Gasteiger partial charge is 0.340 e. The lowest BCUT2D eigenvalue weighted by Gasteiger charge is -2.22. The average Bonchev–Trinajstić information content (AvgIpc) is 2.79. The van der Waals surface area contributed by atoms with E-state index in [-0.39, 0.29) is 17.2 Å². The van der Waals surface area contributed by atoms with Crippen molar-refractivity contribution in [2.75, 3.05) is 10.6 Å². The molecule has 1 aliphatic carbocycles. The van der Waals surface area contributed by atoms with E-state index >= 15 is 0 Å². The highest BCUT2D eigenvalue weighted by atomic mass is 19.4. The summed E-state index contributed by atoms with van der Waals surface area (Å²) in [4.78, 5) is 8.07. The Morgan fingerprint density at radius 1 is 0.794 bits per heavy atom. The Labute approximate surface area is 199 Å². The molecule has 7 heteroatoms. The van der Waals surface area contributed by atoms with Crippen molar-refractivity contribution in [3.63, 3.8) is 0 Å². The number of rotatable bonds is 5. The third kappa shape index (κ3) is 5.88. The molecule has 1 saturated carbocycles. The molecule has 0 bridgehead atoms. The van der Waals surface area contributed by atoms with E-state index in [0.29, 0.717) is 17.3 Å². The molecule has 1 aromatic heterocycles. The van der Waals surface area contributed by atoms with E-state index in [4.69, 9.17) is 0 Å². The molecule has 4 rings (SSSR count). The summed E-state index contributed by atoms with van der Waals surface area (Å²) in [7, 11) is 0. The van der Waals surface area contributed by atoms with Gasteiger partial charge in [-0.1, -0.05) is 64.3 Å². The molecule has 0 saturated heterocycles. The normalized spacial score (nSPS) is 15.2. The lowest BCUT2D eigenvalue weighted by atomic mass is 9.84. The average molecular weight is 469 g/mol. The molecule has 0 unspecified atom stereocenters. The van der Waals surface area contributed by atoms with Gasteiger partial charge in [0.1, 0.15) is 11.4 Å². The van der Waals surface area contributed by atoms with E-state index in [9.17, 15) is 13.2 Å².